The van der Waals surface area contributed by atoms with Crippen LogP contribution in [-0.4, -0.2) is 39.6 Å². The molecule has 1 N–H and O–H groups in total. The highest BCUT2D eigenvalue weighted by molar-refractivity contribution is 5.98. The van der Waals surface area contributed by atoms with Gasteiger partial charge in [-0.2, -0.15) is 5.10 Å². The van der Waals surface area contributed by atoms with Gasteiger partial charge in [0.05, 0.1) is 6.54 Å². The van der Waals surface area contributed by atoms with Crippen LogP contribution in [0.3, 0.4) is 0 Å². The molecule has 6 nitrogen and oxygen atoms in total. The van der Waals surface area contributed by atoms with E-state index in [9.17, 15) is 14.0 Å². The largest absolute Gasteiger partial charge is 0.351 e. The molecule has 2 amide bonds. The van der Waals surface area contributed by atoms with Gasteiger partial charge in [0.15, 0.2) is 5.69 Å². The highest BCUT2D eigenvalue weighted by Gasteiger charge is 2.27. The van der Waals surface area contributed by atoms with Crippen molar-refractivity contribution in [2.24, 2.45) is 0 Å². The molecule has 1 aliphatic rings. The summed E-state index contributed by atoms with van der Waals surface area (Å²) in [6.07, 6.45) is 3.08. The van der Waals surface area contributed by atoms with E-state index in [1.54, 1.807) is 21.7 Å². The normalized spacial score (nSPS) is 13.6. The number of halogens is 1. The summed E-state index contributed by atoms with van der Waals surface area (Å²) in [5, 5.41) is 7.09. The second kappa shape index (κ2) is 8.12. The van der Waals surface area contributed by atoms with Crippen molar-refractivity contribution in [3.05, 3.63) is 53.1 Å². The summed E-state index contributed by atoms with van der Waals surface area (Å²) < 4.78 is 14.9. The van der Waals surface area contributed by atoms with Gasteiger partial charge in [0.2, 0.25) is 0 Å². The molecule has 3 rings (SSSR count). The minimum Gasteiger partial charge on any atom is -0.351 e. The third kappa shape index (κ3) is 4.09. The van der Waals surface area contributed by atoms with E-state index < -0.39 is 0 Å². The number of carbonyl (C=O) groups excluding carboxylic acids is 2. The number of nitrogens with zero attached hydrogens (tertiary/aromatic N) is 3. The highest BCUT2D eigenvalue weighted by atomic mass is 19.1. The lowest BCUT2D eigenvalue weighted by Gasteiger charge is -2.27. The van der Waals surface area contributed by atoms with Crippen LogP contribution < -0.4 is 5.32 Å². The molecule has 2 aromatic rings. The monoisotopic (exact) mass is 358 g/mol. The molecule has 1 aromatic carbocycles. The van der Waals surface area contributed by atoms with E-state index >= 15 is 0 Å². The van der Waals surface area contributed by atoms with E-state index in [-0.39, 0.29) is 23.3 Å². The number of hydrogen-bond acceptors (Lipinski definition) is 3. The Bertz CT molecular complexity index is 803. The van der Waals surface area contributed by atoms with Crippen LogP contribution in [0.1, 0.15) is 52.7 Å². The third-order valence-electron chi connectivity index (χ3n) is 4.43. The number of amides is 2. The van der Waals surface area contributed by atoms with Gasteiger partial charge in [-0.3, -0.25) is 14.3 Å². The molecule has 0 spiro atoms. The van der Waals surface area contributed by atoms with E-state index in [1.807, 2.05) is 0 Å². The molecular weight excluding hydrogens is 335 g/mol. The molecule has 2 heterocycles. The number of fused-ring (bicyclic) bond motifs is 1. The smallest absolute Gasteiger partial charge is 0.272 e. The van der Waals surface area contributed by atoms with Crippen LogP contribution in [0, 0.1) is 5.82 Å². The molecule has 7 heteroatoms. The maximum absolute atomic E-state index is 13.3. The first-order valence-corrected chi connectivity index (χ1v) is 8.98. The van der Waals surface area contributed by atoms with Crippen molar-refractivity contribution in [1.82, 2.24) is 20.0 Å². The summed E-state index contributed by atoms with van der Waals surface area (Å²) >= 11 is 0. The number of nitrogens with one attached hydrogen (secondary N) is 1. The van der Waals surface area contributed by atoms with Crippen LogP contribution in [0.2, 0.25) is 0 Å². The van der Waals surface area contributed by atoms with Crippen molar-refractivity contribution >= 4 is 11.8 Å². The van der Waals surface area contributed by atoms with Gasteiger partial charge >= 0.3 is 0 Å². The molecule has 0 aliphatic carbocycles. The number of unbranched alkanes of at least 4 members (excludes halogenated alkanes) is 2. The first-order chi connectivity index (χ1) is 12.6. The molecule has 138 valence electrons. The van der Waals surface area contributed by atoms with Gasteiger partial charge in [-0.05, 0) is 24.1 Å². The molecule has 0 unspecified atom stereocenters. The van der Waals surface area contributed by atoms with E-state index in [4.69, 9.17) is 0 Å². The van der Waals surface area contributed by atoms with E-state index in [0.717, 1.165) is 24.8 Å². The third-order valence-corrected chi connectivity index (χ3v) is 4.43. The average molecular weight is 358 g/mol. The average Bonchev–Trinajstić information content (AvgIpc) is 3.06. The molecule has 1 aromatic heterocycles. The van der Waals surface area contributed by atoms with Crippen LogP contribution in [0.4, 0.5) is 4.39 Å². The molecular formula is C19H23FN4O2. The van der Waals surface area contributed by atoms with Gasteiger partial charge in [0, 0.05) is 25.7 Å². The van der Waals surface area contributed by atoms with E-state index in [1.165, 1.54) is 18.2 Å². The summed E-state index contributed by atoms with van der Waals surface area (Å²) in [5.74, 6) is -0.774. The molecule has 0 fully saturated rings. The molecule has 1 aliphatic heterocycles. The Hall–Kier alpha value is -2.70. The Balaban J connectivity index is 1.66. The van der Waals surface area contributed by atoms with Crippen LogP contribution in [0.25, 0.3) is 0 Å². The Kier molecular flexibility index (Phi) is 5.65. The predicted octanol–water partition coefficient (Wildman–Crippen LogP) is 2.60. The zero-order chi connectivity index (χ0) is 18.5. The lowest BCUT2D eigenvalue weighted by Crippen LogP contribution is -2.39. The van der Waals surface area contributed by atoms with Crippen molar-refractivity contribution in [1.29, 1.82) is 0 Å². The Morgan fingerprint density at radius 1 is 1.27 bits per heavy atom. The number of aromatic nitrogens is 2. The second-order valence-corrected chi connectivity index (χ2v) is 6.46. The van der Waals surface area contributed by atoms with E-state index in [2.05, 4.69) is 17.3 Å². The first kappa shape index (κ1) is 18.1. The maximum atomic E-state index is 13.3. The SMILES string of the molecule is CCCCCNC(=O)c1cc2n(n1)CCN(Cc1cccc(F)c1)C2=O. The van der Waals surface area contributed by atoms with Gasteiger partial charge in [-0.15, -0.1) is 0 Å². The maximum Gasteiger partial charge on any atom is 0.272 e. The van der Waals surface area contributed by atoms with Crippen molar-refractivity contribution in [2.45, 2.75) is 39.3 Å². The first-order valence-electron chi connectivity index (χ1n) is 8.98. The Morgan fingerprint density at radius 3 is 2.88 bits per heavy atom. The van der Waals surface area contributed by atoms with Gasteiger partial charge in [0.25, 0.3) is 11.8 Å². The van der Waals surface area contributed by atoms with Gasteiger partial charge < -0.3 is 10.2 Å². The summed E-state index contributed by atoms with van der Waals surface area (Å²) in [6.45, 7) is 4.03. The predicted molar refractivity (Wildman–Crippen MR) is 95.2 cm³/mol. The molecule has 0 saturated carbocycles. The standard InChI is InChI=1S/C19H23FN4O2/c1-2-3-4-8-21-18(25)16-12-17-19(26)23(9-10-24(17)22-16)13-14-6-5-7-15(20)11-14/h5-7,11-12H,2-4,8-10,13H2,1H3,(H,21,25). The number of rotatable bonds is 7. The molecule has 0 saturated heterocycles. The summed E-state index contributed by atoms with van der Waals surface area (Å²) in [5.41, 5.74) is 1.39. The highest BCUT2D eigenvalue weighted by Crippen LogP contribution is 2.17. The van der Waals surface area contributed by atoms with Crippen LogP contribution in [0.5, 0.6) is 0 Å². The zero-order valence-corrected chi connectivity index (χ0v) is 14.9. The van der Waals surface area contributed by atoms with Crippen LogP contribution >= 0.6 is 0 Å². The molecule has 26 heavy (non-hydrogen) atoms. The van der Waals surface area contributed by atoms with Crippen LogP contribution in [0.15, 0.2) is 30.3 Å². The van der Waals surface area contributed by atoms with Crippen molar-refractivity contribution in [3.8, 4) is 0 Å². The van der Waals surface area contributed by atoms with Crippen molar-refractivity contribution < 1.29 is 14.0 Å². The molecule has 0 atom stereocenters. The van der Waals surface area contributed by atoms with Gasteiger partial charge in [-0.1, -0.05) is 31.9 Å². The van der Waals surface area contributed by atoms with Gasteiger partial charge in [-0.25, -0.2) is 4.39 Å². The minimum atomic E-state index is -0.320. The number of hydrogen-bond donors (Lipinski definition) is 1. The fraction of sp³-hybridized carbons (Fsp3) is 0.421. The Morgan fingerprint density at radius 2 is 2.12 bits per heavy atom. The number of carbonyl (C=O) groups is 2. The molecule has 0 bridgehead atoms. The summed E-state index contributed by atoms with van der Waals surface area (Å²) in [6, 6.07) is 7.76. The topological polar surface area (TPSA) is 67.2 Å². The number of benzene rings is 1. The van der Waals surface area contributed by atoms with Crippen LogP contribution in [-0.2, 0) is 13.1 Å². The Labute approximate surface area is 152 Å². The summed E-state index contributed by atoms with van der Waals surface area (Å²) in [7, 11) is 0. The molecule has 0 radical (unpaired) electrons. The second-order valence-electron chi connectivity index (χ2n) is 6.46. The van der Waals surface area contributed by atoms with E-state index in [0.29, 0.717) is 31.9 Å². The van der Waals surface area contributed by atoms with Gasteiger partial charge in [0.1, 0.15) is 11.5 Å². The fourth-order valence-electron chi connectivity index (χ4n) is 3.02. The lowest BCUT2D eigenvalue weighted by atomic mass is 10.2. The zero-order valence-electron chi connectivity index (χ0n) is 14.9. The quantitative estimate of drug-likeness (QED) is 0.774. The van der Waals surface area contributed by atoms with Crippen molar-refractivity contribution in [2.75, 3.05) is 13.1 Å². The fourth-order valence-corrected chi connectivity index (χ4v) is 3.02. The minimum absolute atomic E-state index is 0.196. The van der Waals surface area contributed by atoms with Crippen molar-refractivity contribution in [3.63, 3.8) is 0 Å². The lowest BCUT2D eigenvalue weighted by molar-refractivity contribution is 0.0683. The summed E-state index contributed by atoms with van der Waals surface area (Å²) in [4.78, 5) is 26.5.